The fraction of sp³-hybridized carbons (Fsp3) is 0.357. The van der Waals surface area contributed by atoms with Gasteiger partial charge in [0.1, 0.15) is 24.6 Å². The van der Waals surface area contributed by atoms with Crippen LogP contribution in [0.2, 0.25) is 0 Å². The molecule has 0 aromatic carbocycles. The van der Waals surface area contributed by atoms with Gasteiger partial charge < -0.3 is 30.5 Å². The molecule has 4 rings (SSSR count). The van der Waals surface area contributed by atoms with Crippen LogP contribution in [0.4, 0.5) is 10.2 Å². The molecule has 0 aliphatic carbocycles. The SMILES string of the molecule is Nc1nc(F)nc2c1ncn2[C@@H]1O[C@H](COP(=O)(O)O)[C@@H](O)[C@@H]1O.c1cncnc1. The predicted molar refractivity (Wildman–Crippen MR) is 95.6 cm³/mol. The summed E-state index contributed by atoms with van der Waals surface area (Å²) in [4.78, 5) is 35.4. The van der Waals surface area contributed by atoms with Crippen LogP contribution < -0.4 is 5.73 Å². The summed E-state index contributed by atoms with van der Waals surface area (Å²) in [6.45, 7) is -0.670. The molecule has 0 unspecified atom stereocenters. The Balaban J connectivity index is 0.000000367. The first-order valence-corrected chi connectivity index (χ1v) is 9.77. The van der Waals surface area contributed by atoms with Crippen LogP contribution in [0.5, 0.6) is 0 Å². The zero-order valence-electron chi connectivity index (χ0n) is 15.0. The van der Waals surface area contributed by atoms with Crippen LogP contribution in [0.25, 0.3) is 11.2 Å². The van der Waals surface area contributed by atoms with E-state index in [1.165, 1.54) is 6.33 Å². The molecule has 14 nitrogen and oxygen atoms in total. The van der Waals surface area contributed by atoms with E-state index >= 15 is 0 Å². The van der Waals surface area contributed by atoms with E-state index in [1.54, 1.807) is 18.5 Å². The van der Waals surface area contributed by atoms with E-state index in [0.29, 0.717) is 0 Å². The van der Waals surface area contributed by atoms with E-state index in [0.717, 1.165) is 10.9 Å². The first kappa shape index (κ1) is 22.0. The topological polar surface area (TPSA) is 212 Å². The van der Waals surface area contributed by atoms with E-state index in [-0.39, 0.29) is 17.0 Å². The first-order valence-electron chi connectivity index (χ1n) is 8.24. The Morgan fingerprint density at radius 3 is 2.50 bits per heavy atom. The number of hydrogen-bond acceptors (Lipinski definition) is 11. The lowest BCUT2D eigenvalue weighted by molar-refractivity contribution is -0.0504. The highest BCUT2D eigenvalue weighted by atomic mass is 31.2. The molecule has 30 heavy (non-hydrogen) atoms. The summed E-state index contributed by atoms with van der Waals surface area (Å²) in [5.41, 5.74) is 5.52. The van der Waals surface area contributed by atoms with Crippen molar-refractivity contribution in [3.05, 3.63) is 37.2 Å². The second kappa shape index (κ2) is 9.01. The molecule has 1 aliphatic heterocycles. The van der Waals surface area contributed by atoms with E-state index in [4.69, 9.17) is 20.3 Å². The van der Waals surface area contributed by atoms with Crippen molar-refractivity contribution >= 4 is 24.8 Å². The molecule has 3 aromatic rings. The fourth-order valence-electron chi connectivity index (χ4n) is 2.62. The van der Waals surface area contributed by atoms with Gasteiger partial charge in [0.15, 0.2) is 23.2 Å². The van der Waals surface area contributed by atoms with Gasteiger partial charge in [-0.2, -0.15) is 14.4 Å². The van der Waals surface area contributed by atoms with Crippen molar-refractivity contribution in [1.29, 1.82) is 0 Å². The standard InChI is InChI=1S/C10H13FN5O7P.C4H4N2/c11-10-14-7(12)4-8(15-10)16(2-13-4)9-6(18)5(17)3(23-9)1-22-24(19,20)21;1-2-5-4-6-3-1/h2-3,5-6,9,17-18H,1H2,(H2,12,14,15)(H2,19,20,21);1-4H/t3-,5-,6+,9-;/m1./s1. The molecule has 4 heterocycles. The van der Waals surface area contributed by atoms with Gasteiger partial charge in [-0.1, -0.05) is 0 Å². The van der Waals surface area contributed by atoms with Crippen LogP contribution in [0.3, 0.4) is 0 Å². The Kier molecular flexibility index (Phi) is 6.62. The number of aliphatic hydroxyl groups excluding tert-OH is 2. The Morgan fingerprint density at radius 2 is 1.93 bits per heavy atom. The molecule has 0 amide bonds. The largest absolute Gasteiger partial charge is 0.469 e. The van der Waals surface area contributed by atoms with Gasteiger partial charge in [0.05, 0.1) is 12.9 Å². The van der Waals surface area contributed by atoms with Crippen molar-refractivity contribution in [3.8, 4) is 0 Å². The molecular formula is C14H17FN7O7P. The number of aromatic nitrogens is 6. The molecule has 6 N–H and O–H groups in total. The van der Waals surface area contributed by atoms with Gasteiger partial charge in [0, 0.05) is 12.4 Å². The summed E-state index contributed by atoms with van der Waals surface area (Å²) in [7, 11) is -4.78. The Labute approximate surface area is 167 Å². The smallest absolute Gasteiger partial charge is 0.387 e. The van der Waals surface area contributed by atoms with Crippen LogP contribution in [0.1, 0.15) is 6.23 Å². The van der Waals surface area contributed by atoms with Crippen LogP contribution >= 0.6 is 7.82 Å². The number of nitrogens with zero attached hydrogens (tertiary/aromatic N) is 6. The van der Waals surface area contributed by atoms with Crippen LogP contribution in [0, 0.1) is 6.08 Å². The Morgan fingerprint density at radius 1 is 1.23 bits per heavy atom. The van der Waals surface area contributed by atoms with Crippen molar-refractivity contribution in [3.63, 3.8) is 0 Å². The van der Waals surface area contributed by atoms with E-state index in [2.05, 4.69) is 29.4 Å². The minimum absolute atomic E-state index is 0.0663. The number of anilines is 1. The molecule has 4 atom stereocenters. The lowest BCUT2D eigenvalue weighted by Gasteiger charge is -2.16. The van der Waals surface area contributed by atoms with Gasteiger partial charge in [-0.25, -0.2) is 19.5 Å². The number of aliphatic hydroxyl groups is 2. The van der Waals surface area contributed by atoms with Gasteiger partial charge in [0.2, 0.25) is 0 Å². The molecule has 162 valence electrons. The lowest BCUT2D eigenvalue weighted by atomic mass is 10.1. The summed E-state index contributed by atoms with van der Waals surface area (Å²) in [5.74, 6) is -0.217. The van der Waals surface area contributed by atoms with Crippen molar-refractivity contribution in [2.75, 3.05) is 12.3 Å². The summed E-state index contributed by atoms with van der Waals surface area (Å²) >= 11 is 0. The summed E-state index contributed by atoms with van der Waals surface area (Å²) < 4.78 is 34.8. The average molecular weight is 445 g/mol. The maximum Gasteiger partial charge on any atom is 0.469 e. The number of rotatable bonds is 4. The molecule has 0 saturated carbocycles. The maximum absolute atomic E-state index is 13.3. The summed E-state index contributed by atoms with van der Waals surface area (Å²) in [6.07, 6.45) is -0.587. The number of phosphoric acid groups is 1. The number of fused-ring (bicyclic) bond motifs is 1. The second-order valence-electron chi connectivity index (χ2n) is 5.94. The molecule has 3 aromatic heterocycles. The molecular weight excluding hydrogens is 428 g/mol. The highest BCUT2D eigenvalue weighted by molar-refractivity contribution is 7.46. The molecule has 1 fully saturated rings. The van der Waals surface area contributed by atoms with Crippen molar-refractivity contribution in [2.24, 2.45) is 0 Å². The van der Waals surface area contributed by atoms with Gasteiger partial charge in [-0.05, 0) is 6.07 Å². The zero-order chi connectivity index (χ0) is 21.9. The lowest BCUT2D eigenvalue weighted by Crippen LogP contribution is -2.33. The maximum atomic E-state index is 13.3. The number of ether oxygens (including phenoxy) is 1. The van der Waals surface area contributed by atoms with Gasteiger partial charge >= 0.3 is 13.9 Å². The molecule has 0 radical (unpaired) electrons. The molecule has 0 spiro atoms. The van der Waals surface area contributed by atoms with Gasteiger partial charge in [-0.15, -0.1) is 0 Å². The first-order chi connectivity index (χ1) is 14.2. The van der Waals surface area contributed by atoms with Crippen LogP contribution in [-0.4, -0.2) is 74.4 Å². The molecule has 1 saturated heterocycles. The van der Waals surface area contributed by atoms with Gasteiger partial charge in [0.25, 0.3) is 0 Å². The predicted octanol–water partition coefficient (Wildman–Crippen LogP) is -1.25. The number of nitrogens with two attached hydrogens (primary N) is 1. The minimum atomic E-state index is -4.78. The number of imidazole rings is 1. The number of halogens is 1. The van der Waals surface area contributed by atoms with Crippen molar-refractivity contribution in [1.82, 2.24) is 29.5 Å². The average Bonchev–Trinajstić information content (AvgIpc) is 3.23. The quantitative estimate of drug-likeness (QED) is 0.235. The highest BCUT2D eigenvalue weighted by Crippen LogP contribution is 2.38. The fourth-order valence-corrected chi connectivity index (χ4v) is 2.96. The monoisotopic (exact) mass is 445 g/mol. The van der Waals surface area contributed by atoms with Crippen molar-refractivity contribution < 1.29 is 38.2 Å². The number of hydrogen-bond donors (Lipinski definition) is 5. The van der Waals surface area contributed by atoms with E-state index in [9.17, 15) is 19.2 Å². The zero-order valence-corrected chi connectivity index (χ0v) is 15.9. The molecule has 16 heteroatoms. The number of nitrogen functional groups attached to an aromatic ring is 1. The van der Waals surface area contributed by atoms with Gasteiger partial charge in [-0.3, -0.25) is 9.09 Å². The minimum Gasteiger partial charge on any atom is -0.387 e. The number of phosphoric ester groups is 1. The van der Waals surface area contributed by atoms with Crippen LogP contribution in [0.15, 0.2) is 31.1 Å². The van der Waals surface area contributed by atoms with Crippen LogP contribution in [-0.2, 0) is 13.8 Å². The third-order valence-electron chi connectivity index (χ3n) is 3.92. The Hall–Kier alpha value is -2.65. The van der Waals surface area contributed by atoms with E-state index in [1.807, 2.05) is 0 Å². The molecule has 1 aliphatic rings. The Bertz CT molecular complexity index is 1010. The normalized spacial score (nSPS) is 23.9. The second-order valence-corrected chi connectivity index (χ2v) is 7.18. The third-order valence-corrected chi connectivity index (χ3v) is 4.40. The summed E-state index contributed by atoms with van der Waals surface area (Å²) in [5, 5.41) is 20.0. The van der Waals surface area contributed by atoms with E-state index < -0.39 is 45.0 Å². The summed E-state index contributed by atoms with van der Waals surface area (Å²) in [6, 6.07) is 1.78. The van der Waals surface area contributed by atoms with Crippen molar-refractivity contribution in [2.45, 2.75) is 24.5 Å². The highest BCUT2D eigenvalue weighted by Gasteiger charge is 2.45. The molecule has 0 bridgehead atoms. The third kappa shape index (κ3) is 5.09.